The molecule has 11 heteroatoms. The number of unbranched alkanes of at least 4 members (excludes halogenated alkanes) is 3. The second-order valence-corrected chi connectivity index (χ2v) is 11.4. The summed E-state index contributed by atoms with van der Waals surface area (Å²) in [7, 11) is -3.62. The molecule has 1 heterocycles. The molecule has 0 radical (unpaired) electrons. The second-order valence-electron chi connectivity index (χ2n) is 9.47. The average molecular weight is 546 g/mol. The Morgan fingerprint density at radius 1 is 0.895 bits per heavy atom. The van der Waals surface area contributed by atoms with E-state index in [1.807, 2.05) is 24.3 Å². The van der Waals surface area contributed by atoms with E-state index in [2.05, 4.69) is 28.2 Å². The number of hydrogen-bond donors (Lipinski definition) is 5. The van der Waals surface area contributed by atoms with E-state index in [1.165, 1.54) is 16.4 Å². The van der Waals surface area contributed by atoms with Gasteiger partial charge in [-0.2, -0.15) is 4.31 Å². The van der Waals surface area contributed by atoms with Gasteiger partial charge < -0.3 is 26.4 Å². The molecule has 2 aromatic rings. The van der Waals surface area contributed by atoms with Crippen molar-refractivity contribution in [2.75, 3.05) is 36.8 Å². The fourth-order valence-corrected chi connectivity index (χ4v) is 5.82. The van der Waals surface area contributed by atoms with E-state index in [1.54, 1.807) is 12.1 Å². The van der Waals surface area contributed by atoms with Crippen molar-refractivity contribution in [3.8, 4) is 0 Å². The van der Waals surface area contributed by atoms with Crippen LogP contribution in [0.25, 0.3) is 0 Å². The SMILES string of the molecule is CCCCCCNC(=O)Nc1ccc(S(=O)(=O)N2CCC(Nc3ccc(CCNC(=O)O)cc3)CC2)cc1. The van der Waals surface area contributed by atoms with Gasteiger partial charge in [-0.1, -0.05) is 38.3 Å². The number of hydrogen-bond acceptors (Lipinski definition) is 5. The molecular formula is C27H39N5O5S. The molecule has 1 aliphatic rings. The third kappa shape index (κ3) is 9.21. The van der Waals surface area contributed by atoms with Crippen molar-refractivity contribution in [3.63, 3.8) is 0 Å². The molecule has 3 amide bonds. The first-order valence-corrected chi connectivity index (χ1v) is 14.7. The lowest BCUT2D eigenvalue weighted by molar-refractivity contribution is 0.194. The zero-order valence-corrected chi connectivity index (χ0v) is 22.7. The minimum Gasteiger partial charge on any atom is -0.465 e. The van der Waals surface area contributed by atoms with Gasteiger partial charge in [0.15, 0.2) is 0 Å². The predicted octanol–water partition coefficient (Wildman–Crippen LogP) is 4.46. The van der Waals surface area contributed by atoms with E-state index in [0.717, 1.165) is 36.9 Å². The van der Waals surface area contributed by atoms with Crippen molar-refractivity contribution < 1.29 is 23.1 Å². The van der Waals surface area contributed by atoms with E-state index in [0.29, 0.717) is 51.1 Å². The molecule has 1 fully saturated rings. The maximum absolute atomic E-state index is 13.1. The molecule has 0 spiro atoms. The Balaban J connectivity index is 1.44. The molecule has 3 rings (SSSR count). The van der Waals surface area contributed by atoms with Crippen molar-refractivity contribution in [1.82, 2.24) is 14.9 Å². The molecule has 1 saturated heterocycles. The van der Waals surface area contributed by atoms with Gasteiger partial charge in [-0.3, -0.25) is 0 Å². The maximum Gasteiger partial charge on any atom is 0.404 e. The minimum absolute atomic E-state index is 0.160. The number of nitrogens with zero attached hydrogens (tertiary/aromatic N) is 1. The number of carbonyl (C=O) groups excluding carboxylic acids is 1. The Labute approximate surface area is 225 Å². The highest BCUT2D eigenvalue weighted by molar-refractivity contribution is 7.89. The largest absolute Gasteiger partial charge is 0.465 e. The number of sulfonamides is 1. The summed E-state index contributed by atoms with van der Waals surface area (Å²) in [6.07, 6.45) is 5.26. The molecule has 0 unspecified atom stereocenters. The highest BCUT2D eigenvalue weighted by atomic mass is 32.2. The van der Waals surface area contributed by atoms with E-state index in [9.17, 15) is 18.0 Å². The fraction of sp³-hybridized carbons (Fsp3) is 0.481. The molecule has 1 aliphatic heterocycles. The summed E-state index contributed by atoms with van der Waals surface area (Å²) in [5.41, 5.74) is 2.53. The van der Waals surface area contributed by atoms with Crippen LogP contribution in [0, 0.1) is 0 Å². The van der Waals surface area contributed by atoms with Gasteiger partial charge in [0.05, 0.1) is 4.90 Å². The van der Waals surface area contributed by atoms with Crippen molar-refractivity contribution in [2.24, 2.45) is 0 Å². The summed E-state index contributed by atoms with van der Waals surface area (Å²) in [6.45, 7) is 3.95. The number of benzene rings is 2. The van der Waals surface area contributed by atoms with Gasteiger partial charge in [0.25, 0.3) is 0 Å². The van der Waals surface area contributed by atoms with Gasteiger partial charge in [0, 0.05) is 43.6 Å². The zero-order valence-electron chi connectivity index (χ0n) is 21.9. The van der Waals surface area contributed by atoms with Crippen LogP contribution < -0.4 is 21.3 Å². The molecule has 0 aromatic heterocycles. The lowest BCUT2D eigenvalue weighted by Crippen LogP contribution is -2.42. The van der Waals surface area contributed by atoms with Crippen LogP contribution in [-0.2, 0) is 16.4 Å². The third-order valence-electron chi connectivity index (χ3n) is 6.53. The number of carbonyl (C=O) groups is 2. The Morgan fingerprint density at radius 2 is 1.55 bits per heavy atom. The zero-order chi connectivity index (χ0) is 27.4. The lowest BCUT2D eigenvalue weighted by atomic mass is 10.1. The topological polar surface area (TPSA) is 140 Å². The number of amides is 3. The maximum atomic E-state index is 13.1. The smallest absolute Gasteiger partial charge is 0.404 e. The second kappa shape index (κ2) is 14.6. The van der Waals surface area contributed by atoms with Crippen LogP contribution in [0.5, 0.6) is 0 Å². The number of anilines is 2. The highest BCUT2D eigenvalue weighted by Crippen LogP contribution is 2.24. The number of nitrogens with one attached hydrogen (secondary N) is 4. The van der Waals surface area contributed by atoms with Gasteiger partial charge in [-0.15, -0.1) is 0 Å². The molecule has 10 nitrogen and oxygen atoms in total. The van der Waals surface area contributed by atoms with Gasteiger partial charge in [-0.05, 0) is 67.6 Å². The van der Waals surface area contributed by atoms with Crippen molar-refractivity contribution in [1.29, 1.82) is 0 Å². The third-order valence-corrected chi connectivity index (χ3v) is 8.45. The van der Waals surface area contributed by atoms with Crippen molar-refractivity contribution >= 4 is 33.5 Å². The van der Waals surface area contributed by atoms with Crippen LogP contribution in [0.15, 0.2) is 53.4 Å². The van der Waals surface area contributed by atoms with Gasteiger partial charge in [0.1, 0.15) is 0 Å². The number of rotatable bonds is 13. The molecule has 2 aromatic carbocycles. The molecule has 38 heavy (non-hydrogen) atoms. The van der Waals surface area contributed by atoms with Crippen LogP contribution in [0.4, 0.5) is 21.0 Å². The number of carboxylic acid groups (broad SMARTS) is 1. The quantitative estimate of drug-likeness (QED) is 0.235. The summed E-state index contributed by atoms with van der Waals surface area (Å²) in [5, 5.41) is 20.0. The summed E-state index contributed by atoms with van der Waals surface area (Å²) in [5.74, 6) is 0. The van der Waals surface area contributed by atoms with Gasteiger partial charge >= 0.3 is 12.1 Å². The molecule has 0 aliphatic carbocycles. The average Bonchev–Trinajstić information content (AvgIpc) is 2.90. The Kier molecular flexibility index (Phi) is 11.2. The minimum atomic E-state index is -3.62. The first kappa shape index (κ1) is 29.2. The number of piperidine rings is 1. The summed E-state index contributed by atoms with van der Waals surface area (Å²) < 4.78 is 27.8. The molecule has 0 bridgehead atoms. The van der Waals surface area contributed by atoms with Crippen molar-refractivity contribution in [3.05, 3.63) is 54.1 Å². The van der Waals surface area contributed by atoms with E-state index >= 15 is 0 Å². The standard InChI is InChI=1S/C27H39N5O5S/c1-2-3-4-5-17-28-26(33)31-23-10-12-25(13-11-23)38(36,37)32-19-15-24(16-20-32)30-22-8-6-21(7-9-22)14-18-29-27(34)35/h6-13,24,29-30H,2-5,14-20H2,1H3,(H,34,35)(H2,28,31,33). The molecule has 0 saturated carbocycles. The van der Waals surface area contributed by atoms with Crippen LogP contribution in [0.1, 0.15) is 51.0 Å². The van der Waals surface area contributed by atoms with Crippen LogP contribution in [0.3, 0.4) is 0 Å². The van der Waals surface area contributed by atoms with Gasteiger partial charge in [0.2, 0.25) is 10.0 Å². The Hall–Kier alpha value is -3.31. The Morgan fingerprint density at radius 3 is 2.18 bits per heavy atom. The number of urea groups is 1. The summed E-state index contributed by atoms with van der Waals surface area (Å²) in [6, 6.07) is 14.0. The summed E-state index contributed by atoms with van der Waals surface area (Å²) >= 11 is 0. The Bertz CT molecular complexity index is 1130. The predicted molar refractivity (Wildman–Crippen MR) is 149 cm³/mol. The highest BCUT2D eigenvalue weighted by Gasteiger charge is 2.29. The molecule has 208 valence electrons. The summed E-state index contributed by atoms with van der Waals surface area (Å²) in [4.78, 5) is 22.8. The molecule has 5 N–H and O–H groups in total. The van der Waals surface area contributed by atoms with E-state index < -0.39 is 16.1 Å². The first-order chi connectivity index (χ1) is 18.3. The molecular weight excluding hydrogens is 506 g/mol. The molecule has 0 atom stereocenters. The van der Waals surface area contributed by atoms with E-state index in [4.69, 9.17) is 5.11 Å². The van der Waals surface area contributed by atoms with Crippen molar-refractivity contribution in [2.45, 2.75) is 62.8 Å². The monoisotopic (exact) mass is 545 g/mol. The van der Waals surface area contributed by atoms with Crippen LogP contribution in [0.2, 0.25) is 0 Å². The first-order valence-electron chi connectivity index (χ1n) is 13.3. The van der Waals surface area contributed by atoms with E-state index in [-0.39, 0.29) is 17.0 Å². The lowest BCUT2D eigenvalue weighted by Gasteiger charge is -2.32. The van der Waals surface area contributed by atoms with Crippen LogP contribution >= 0.6 is 0 Å². The normalized spacial score (nSPS) is 14.6. The van der Waals surface area contributed by atoms with Gasteiger partial charge in [-0.25, -0.2) is 18.0 Å². The van der Waals surface area contributed by atoms with Crippen LogP contribution in [-0.4, -0.2) is 62.2 Å². The fourth-order valence-electron chi connectivity index (χ4n) is 4.35.